The van der Waals surface area contributed by atoms with Crippen molar-refractivity contribution in [2.45, 2.75) is 51.4 Å². The molecule has 2 nitrogen and oxygen atoms in total. The maximum absolute atomic E-state index is 3.63. The average molecular weight is 224 g/mol. The van der Waals surface area contributed by atoms with Crippen molar-refractivity contribution in [1.29, 1.82) is 0 Å². The third kappa shape index (κ3) is 4.42. The van der Waals surface area contributed by atoms with Crippen LogP contribution in [0.15, 0.2) is 0 Å². The predicted molar refractivity (Wildman–Crippen MR) is 69.7 cm³/mol. The fourth-order valence-corrected chi connectivity index (χ4v) is 3.21. The number of piperidine rings is 1. The molecular formula is C14H28N2. The second-order valence-corrected chi connectivity index (χ2v) is 5.69. The van der Waals surface area contributed by atoms with Crippen LogP contribution in [0.5, 0.6) is 0 Å². The van der Waals surface area contributed by atoms with Gasteiger partial charge < -0.3 is 10.6 Å². The van der Waals surface area contributed by atoms with Crippen molar-refractivity contribution in [1.82, 2.24) is 10.6 Å². The lowest BCUT2D eigenvalue weighted by Gasteiger charge is -2.22. The number of hydrogen-bond acceptors (Lipinski definition) is 2. The summed E-state index contributed by atoms with van der Waals surface area (Å²) in [5, 5.41) is 7.12. The van der Waals surface area contributed by atoms with E-state index in [2.05, 4.69) is 10.6 Å². The molecule has 1 aliphatic carbocycles. The van der Waals surface area contributed by atoms with Gasteiger partial charge in [0.25, 0.3) is 0 Å². The summed E-state index contributed by atoms with van der Waals surface area (Å²) in [7, 11) is 0. The van der Waals surface area contributed by atoms with Crippen LogP contribution in [0.25, 0.3) is 0 Å². The van der Waals surface area contributed by atoms with Crippen LogP contribution in [-0.4, -0.2) is 26.2 Å². The molecule has 0 bridgehead atoms. The van der Waals surface area contributed by atoms with Crippen molar-refractivity contribution in [3.05, 3.63) is 0 Å². The van der Waals surface area contributed by atoms with Gasteiger partial charge in [-0.05, 0) is 63.7 Å². The Labute approximate surface area is 101 Å². The van der Waals surface area contributed by atoms with Gasteiger partial charge in [0, 0.05) is 0 Å². The fraction of sp³-hybridized carbons (Fsp3) is 1.00. The van der Waals surface area contributed by atoms with E-state index in [4.69, 9.17) is 0 Å². The highest BCUT2D eigenvalue weighted by Crippen LogP contribution is 2.26. The Morgan fingerprint density at radius 1 is 0.875 bits per heavy atom. The fourth-order valence-electron chi connectivity index (χ4n) is 3.21. The van der Waals surface area contributed by atoms with Crippen molar-refractivity contribution in [3.63, 3.8) is 0 Å². The first-order valence-corrected chi connectivity index (χ1v) is 7.36. The molecule has 1 saturated carbocycles. The molecule has 16 heavy (non-hydrogen) atoms. The normalized spacial score (nSPS) is 27.4. The summed E-state index contributed by atoms with van der Waals surface area (Å²) < 4.78 is 0. The van der Waals surface area contributed by atoms with Crippen molar-refractivity contribution >= 4 is 0 Å². The summed E-state index contributed by atoms with van der Waals surface area (Å²) in [6.45, 7) is 4.99. The second-order valence-electron chi connectivity index (χ2n) is 5.69. The van der Waals surface area contributed by atoms with Crippen LogP contribution in [0, 0.1) is 11.8 Å². The lowest BCUT2D eigenvalue weighted by atomic mass is 9.96. The van der Waals surface area contributed by atoms with E-state index in [-0.39, 0.29) is 0 Å². The highest BCUT2D eigenvalue weighted by molar-refractivity contribution is 4.71. The molecule has 0 spiro atoms. The van der Waals surface area contributed by atoms with Crippen molar-refractivity contribution in [2.75, 3.05) is 26.2 Å². The van der Waals surface area contributed by atoms with E-state index in [1.165, 1.54) is 77.5 Å². The van der Waals surface area contributed by atoms with E-state index in [0.717, 1.165) is 11.8 Å². The van der Waals surface area contributed by atoms with Crippen LogP contribution < -0.4 is 10.6 Å². The number of nitrogens with one attached hydrogen (secondary N) is 2. The largest absolute Gasteiger partial charge is 0.317 e. The number of rotatable bonds is 6. The first-order valence-electron chi connectivity index (χ1n) is 7.36. The number of hydrogen-bond donors (Lipinski definition) is 2. The molecule has 0 aromatic heterocycles. The third-order valence-corrected chi connectivity index (χ3v) is 4.33. The molecule has 2 fully saturated rings. The summed E-state index contributed by atoms with van der Waals surface area (Å²) in [6.07, 6.45) is 11.6. The lowest BCUT2D eigenvalue weighted by molar-refractivity contribution is 0.349. The lowest BCUT2D eigenvalue weighted by Crippen LogP contribution is -2.32. The van der Waals surface area contributed by atoms with E-state index in [0.29, 0.717) is 0 Å². The van der Waals surface area contributed by atoms with Gasteiger partial charge in [-0.3, -0.25) is 0 Å². The van der Waals surface area contributed by atoms with Crippen LogP contribution in [-0.2, 0) is 0 Å². The minimum atomic E-state index is 0.938. The quantitative estimate of drug-likeness (QED) is 0.678. The first-order chi connectivity index (χ1) is 7.95. The van der Waals surface area contributed by atoms with Gasteiger partial charge in [0.05, 0.1) is 0 Å². The van der Waals surface area contributed by atoms with E-state index in [1.54, 1.807) is 0 Å². The summed E-state index contributed by atoms with van der Waals surface area (Å²) in [4.78, 5) is 0. The molecule has 0 radical (unpaired) electrons. The molecule has 2 rings (SSSR count). The van der Waals surface area contributed by atoms with Gasteiger partial charge in [-0.1, -0.05) is 25.7 Å². The van der Waals surface area contributed by atoms with Crippen molar-refractivity contribution < 1.29 is 0 Å². The minimum Gasteiger partial charge on any atom is -0.317 e. The van der Waals surface area contributed by atoms with Crippen molar-refractivity contribution in [2.24, 2.45) is 11.8 Å². The topological polar surface area (TPSA) is 24.1 Å². The zero-order valence-corrected chi connectivity index (χ0v) is 10.6. The van der Waals surface area contributed by atoms with Crippen molar-refractivity contribution in [3.8, 4) is 0 Å². The molecule has 0 amide bonds. The average Bonchev–Trinajstić information content (AvgIpc) is 2.83. The molecule has 2 aliphatic rings. The molecule has 1 unspecified atom stereocenters. The Bertz CT molecular complexity index is 170. The molecule has 0 aromatic carbocycles. The molecule has 2 heteroatoms. The highest BCUT2D eigenvalue weighted by atomic mass is 14.9. The van der Waals surface area contributed by atoms with Gasteiger partial charge in [0.1, 0.15) is 0 Å². The molecule has 1 aliphatic heterocycles. The van der Waals surface area contributed by atoms with E-state index >= 15 is 0 Å². The van der Waals surface area contributed by atoms with Crippen LogP contribution in [0.1, 0.15) is 51.4 Å². The smallest absolute Gasteiger partial charge is 0.00200 e. The van der Waals surface area contributed by atoms with E-state index < -0.39 is 0 Å². The van der Waals surface area contributed by atoms with Gasteiger partial charge in [-0.25, -0.2) is 0 Å². The van der Waals surface area contributed by atoms with Crippen LogP contribution in [0.4, 0.5) is 0 Å². The van der Waals surface area contributed by atoms with Gasteiger partial charge in [0.2, 0.25) is 0 Å². The molecule has 1 heterocycles. The summed E-state index contributed by atoms with van der Waals surface area (Å²) in [6, 6.07) is 0. The standard InChI is InChI=1S/C14H28N2/c1-2-5-13(4-1)7-10-15-11-8-14-6-3-9-16-12-14/h13-16H,1-12H2. The predicted octanol–water partition coefficient (Wildman–Crippen LogP) is 2.55. The third-order valence-electron chi connectivity index (χ3n) is 4.33. The van der Waals surface area contributed by atoms with Gasteiger partial charge in [0.15, 0.2) is 0 Å². The SMILES string of the molecule is C1CCC(CCNCCC2CCCNC2)C1. The van der Waals surface area contributed by atoms with Gasteiger partial charge in [-0.15, -0.1) is 0 Å². The molecule has 1 saturated heterocycles. The van der Waals surface area contributed by atoms with Crippen LogP contribution >= 0.6 is 0 Å². The minimum absolute atomic E-state index is 0.938. The van der Waals surface area contributed by atoms with Crippen LogP contribution in [0.2, 0.25) is 0 Å². The second kappa shape index (κ2) is 7.29. The maximum atomic E-state index is 3.63. The summed E-state index contributed by atoms with van der Waals surface area (Å²) in [5.74, 6) is 1.98. The summed E-state index contributed by atoms with van der Waals surface area (Å²) >= 11 is 0. The Balaban J connectivity index is 1.42. The van der Waals surface area contributed by atoms with E-state index in [9.17, 15) is 0 Å². The molecule has 2 N–H and O–H groups in total. The summed E-state index contributed by atoms with van der Waals surface area (Å²) in [5.41, 5.74) is 0. The molecule has 94 valence electrons. The Kier molecular flexibility index (Phi) is 5.64. The zero-order valence-electron chi connectivity index (χ0n) is 10.6. The Morgan fingerprint density at radius 3 is 2.25 bits per heavy atom. The van der Waals surface area contributed by atoms with Crippen LogP contribution in [0.3, 0.4) is 0 Å². The molecular weight excluding hydrogens is 196 g/mol. The van der Waals surface area contributed by atoms with E-state index in [1.807, 2.05) is 0 Å². The molecule has 0 aromatic rings. The van der Waals surface area contributed by atoms with Gasteiger partial charge >= 0.3 is 0 Å². The monoisotopic (exact) mass is 224 g/mol. The molecule has 1 atom stereocenters. The Hall–Kier alpha value is -0.0800. The maximum Gasteiger partial charge on any atom is -0.00200 e. The first kappa shape index (κ1) is 12.4. The Morgan fingerprint density at radius 2 is 1.56 bits per heavy atom. The van der Waals surface area contributed by atoms with Gasteiger partial charge in [-0.2, -0.15) is 0 Å². The highest BCUT2D eigenvalue weighted by Gasteiger charge is 2.14. The zero-order chi connectivity index (χ0) is 11.1.